The first-order valence-corrected chi connectivity index (χ1v) is 6.83. The minimum atomic E-state index is 0.172. The highest BCUT2D eigenvalue weighted by molar-refractivity contribution is 6.31. The fraction of sp³-hybridized carbons (Fsp3) is 0.429. The average molecular weight is 279 g/mol. The molecule has 0 aliphatic rings. The Hall–Kier alpha value is -1.39. The quantitative estimate of drug-likeness (QED) is 0.912. The van der Waals surface area contributed by atoms with Gasteiger partial charge >= 0.3 is 0 Å². The van der Waals surface area contributed by atoms with E-state index < -0.39 is 0 Å². The van der Waals surface area contributed by atoms with Crippen LogP contribution >= 0.6 is 11.6 Å². The molecule has 1 aromatic carbocycles. The van der Waals surface area contributed by atoms with Gasteiger partial charge in [-0.1, -0.05) is 29.8 Å². The Bertz CT molecular complexity index is 536. The van der Waals surface area contributed by atoms with Crippen molar-refractivity contribution in [3.63, 3.8) is 0 Å². The summed E-state index contributed by atoms with van der Waals surface area (Å²) in [6.07, 6.45) is 1.59. The van der Waals surface area contributed by atoms with Crippen LogP contribution in [0.2, 0.25) is 5.02 Å². The molecule has 2 rings (SSSR count). The molecule has 1 heterocycles. The van der Waals surface area contributed by atoms with E-state index >= 15 is 0 Å². The van der Waals surface area contributed by atoms with Gasteiger partial charge in [0.25, 0.3) is 0 Å². The Balaban J connectivity index is 2.03. The zero-order valence-electron chi connectivity index (χ0n) is 11.5. The number of aromatic nitrogens is 3. The highest BCUT2D eigenvalue weighted by atomic mass is 35.5. The van der Waals surface area contributed by atoms with E-state index in [0.717, 1.165) is 16.4 Å². The third-order valence-electron chi connectivity index (χ3n) is 3.07. The fourth-order valence-corrected chi connectivity index (χ4v) is 2.31. The van der Waals surface area contributed by atoms with Gasteiger partial charge in [0.1, 0.15) is 12.2 Å². The standard InChI is InChI=1S/C14H19ClN4/c1-10(2)19-14(17-9-18-19)8-16-11(3)12-6-4-5-7-13(12)15/h4-7,9-11,16H,8H2,1-3H3/t11-/m0/s1. The predicted molar refractivity (Wildman–Crippen MR) is 77.1 cm³/mol. The number of hydrogen-bond donors (Lipinski definition) is 1. The summed E-state index contributed by atoms with van der Waals surface area (Å²) < 4.78 is 1.92. The number of hydrogen-bond acceptors (Lipinski definition) is 3. The summed E-state index contributed by atoms with van der Waals surface area (Å²) in [5.74, 6) is 0.939. The van der Waals surface area contributed by atoms with Crippen LogP contribution in [-0.4, -0.2) is 14.8 Å². The molecule has 0 saturated heterocycles. The van der Waals surface area contributed by atoms with Crippen molar-refractivity contribution in [2.45, 2.75) is 39.4 Å². The van der Waals surface area contributed by atoms with E-state index in [1.54, 1.807) is 6.33 Å². The Kier molecular flexibility index (Phi) is 4.56. The lowest BCUT2D eigenvalue weighted by atomic mass is 10.1. The summed E-state index contributed by atoms with van der Waals surface area (Å²) in [5, 5.41) is 8.44. The van der Waals surface area contributed by atoms with Gasteiger partial charge in [0.15, 0.2) is 0 Å². The number of halogens is 1. The normalized spacial score (nSPS) is 12.9. The zero-order chi connectivity index (χ0) is 13.8. The molecule has 0 unspecified atom stereocenters. The Labute approximate surface area is 118 Å². The molecule has 0 amide bonds. The molecule has 0 fully saturated rings. The molecule has 102 valence electrons. The first-order valence-electron chi connectivity index (χ1n) is 6.45. The van der Waals surface area contributed by atoms with Crippen molar-refractivity contribution in [2.24, 2.45) is 0 Å². The number of benzene rings is 1. The number of nitrogens with one attached hydrogen (secondary N) is 1. The molecular weight excluding hydrogens is 260 g/mol. The molecule has 0 spiro atoms. The summed E-state index contributed by atoms with van der Waals surface area (Å²) in [5.41, 5.74) is 1.10. The highest BCUT2D eigenvalue weighted by Crippen LogP contribution is 2.22. The van der Waals surface area contributed by atoms with Gasteiger partial charge in [0, 0.05) is 17.1 Å². The summed E-state index contributed by atoms with van der Waals surface area (Å²) in [6, 6.07) is 8.36. The van der Waals surface area contributed by atoms with Crippen molar-refractivity contribution in [3.05, 3.63) is 47.0 Å². The van der Waals surface area contributed by atoms with Crippen molar-refractivity contribution < 1.29 is 0 Å². The predicted octanol–water partition coefficient (Wildman–Crippen LogP) is 3.36. The average Bonchev–Trinajstić information content (AvgIpc) is 2.85. The maximum Gasteiger partial charge on any atom is 0.141 e. The Morgan fingerprint density at radius 2 is 2.00 bits per heavy atom. The SMILES string of the molecule is CC(C)n1ncnc1CN[C@@H](C)c1ccccc1Cl. The molecule has 0 saturated carbocycles. The van der Waals surface area contributed by atoms with Crippen LogP contribution in [0.25, 0.3) is 0 Å². The summed E-state index contributed by atoms with van der Waals surface area (Å²) in [6.45, 7) is 6.95. The first-order chi connectivity index (χ1) is 9.09. The van der Waals surface area contributed by atoms with E-state index in [1.165, 1.54) is 0 Å². The van der Waals surface area contributed by atoms with Gasteiger partial charge in [-0.25, -0.2) is 9.67 Å². The minimum Gasteiger partial charge on any atom is -0.303 e. The van der Waals surface area contributed by atoms with E-state index in [-0.39, 0.29) is 6.04 Å². The lowest BCUT2D eigenvalue weighted by molar-refractivity contribution is 0.473. The molecule has 5 heteroatoms. The molecule has 2 aromatic rings. The van der Waals surface area contributed by atoms with Crippen molar-refractivity contribution in [3.8, 4) is 0 Å². The topological polar surface area (TPSA) is 42.7 Å². The van der Waals surface area contributed by atoms with E-state index in [1.807, 2.05) is 28.9 Å². The molecule has 4 nitrogen and oxygen atoms in total. The van der Waals surface area contributed by atoms with Crippen LogP contribution < -0.4 is 5.32 Å². The first kappa shape index (κ1) is 14.0. The van der Waals surface area contributed by atoms with Crippen molar-refractivity contribution >= 4 is 11.6 Å². The summed E-state index contributed by atoms with van der Waals surface area (Å²) in [7, 11) is 0. The van der Waals surface area contributed by atoms with Crippen molar-refractivity contribution in [1.82, 2.24) is 20.1 Å². The summed E-state index contributed by atoms with van der Waals surface area (Å²) in [4.78, 5) is 4.28. The molecule has 1 aromatic heterocycles. The van der Waals surface area contributed by atoms with Gasteiger partial charge < -0.3 is 5.32 Å². The van der Waals surface area contributed by atoms with Gasteiger partial charge in [0.2, 0.25) is 0 Å². The summed E-state index contributed by atoms with van der Waals surface area (Å²) >= 11 is 6.19. The largest absolute Gasteiger partial charge is 0.303 e. The lowest BCUT2D eigenvalue weighted by Gasteiger charge is -2.16. The lowest BCUT2D eigenvalue weighted by Crippen LogP contribution is -2.22. The molecule has 1 atom stereocenters. The number of nitrogens with zero attached hydrogens (tertiary/aromatic N) is 3. The highest BCUT2D eigenvalue weighted by Gasteiger charge is 2.11. The van der Waals surface area contributed by atoms with Gasteiger partial charge in [-0.3, -0.25) is 0 Å². The molecular formula is C14H19ClN4. The van der Waals surface area contributed by atoms with Gasteiger partial charge in [-0.2, -0.15) is 5.10 Å². The molecule has 0 aliphatic heterocycles. The molecule has 0 aliphatic carbocycles. The van der Waals surface area contributed by atoms with Gasteiger partial charge in [0.05, 0.1) is 6.54 Å². The second-order valence-corrected chi connectivity index (χ2v) is 5.25. The Morgan fingerprint density at radius 1 is 1.26 bits per heavy atom. The molecule has 1 N–H and O–H groups in total. The smallest absolute Gasteiger partial charge is 0.141 e. The monoisotopic (exact) mass is 278 g/mol. The third kappa shape index (κ3) is 3.33. The maximum absolute atomic E-state index is 6.19. The van der Waals surface area contributed by atoms with Crippen LogP contribution in [0.5, 0.6) is 0 Å². The second-order valence-electron chi connectivity index (χ2n) is 4.84. The molecule has 19 heavy (non-hydrogen) atoms. The van der Waals surface area contributed by atoms with Crippen LogP contribution in [0.15, 0.2) is 30.6 Å². The van der Waals surface area contributed by atoms with E-state index in [0.29, 0.717) is 12.6 Å². The van der Waals surface area contributed by atoms with Gasteiger partial charge in [-0.05, 0) is 32.4 Å². The minimum absolute atomic E-state index is 0.172. The van der Waals surface area contributed by atoms with Crippen LogP contribution in [0, 0.1) is 0 Å². The van der Waals surface area contributed by atoms with E-state index in [4.69, 9.17) is 11.6 Å². The van der Waals surface area contributed by atoms with Gasteiger partial charge in [-0.15, -0.1) is 0 Å². The van der Waals surface area contributed by atoms with Crippen LogP contribution in [-0.2, 0) is 6.54 Å². The fourth-order valence-electron chi connectivity index (χ4n) is 2.01. The zero-order valence-corrected chi connectivity index (χ0v) is 12.2. The van der Waals surface area contributed by atoms with Crippen LogP contribution in [0.3, 0.4) is 0 Å². The molecule has 0 bridgehead atoms. The second kappa shape index (κ2) is 6.17. The Morgan fingerprint density at radius 3 is 2.68 bits per heavy atom. The van der Waals surface area contributed by atoms with Crippen LogP contribution in [0.1, 0.15) is 44.2 Å². The van der Waals surface area contributed by atoms with Crippen LogP contribution in [0.4, 0.5) is 0 Å². The van der Waals surface area contributed by atoms with E-state index in [9.17, 15) is 0 Å². The van der Waals surface area contributed by atoms with Crippen molar-refractivity contribution in [1.29, 1.82) is 0 Å². The van der Waals surface area contributed by atoms with Crippen molar-refractivity contribution in [2.75, 3.05) is 0 Å². The number of rotatable bonds is 5. The maximum atomic E-state index is 6.19. The van der Waals surface area contributed by atoms with E-state index in [2.05, 4.69) is 36.2 Å². The molecule has 0 radical (unpaired) electrons. The third-order valence-corrected chi connectivity index (χ3v) is 3.42.